The van der Waals surface area contributed by atoms with Gasteiger partial charge in [0.05, 0.1) is 4.79 Å². The third kappa shape index (κ3) is 2.15. The number of aromatic nitrogens is 4. The fourth-order valence-corrected chi connectivity index (χ4v) is 1.76. The Hall–Kier alpha value is -4.38. The lowest BCUT2D eigenvalue weighted by atomic mass is 10.4. The van der Waals surface area contributed by atoms with E-state index in [1.54, 1.807) is 0 Å². The molecule has 0 saturated carbocycles. The molecule has 0 aliphatic carbocycles. The van der Waals surface area contributed by atoms with E-state index in [1.807, 2.05) is 0 Å². The van der Waals surface area contributed by atoms with Gasteiger partial charge in [-0.15, -0.1) is 0 Å². The smallest absolute Gasteiger partial charge is 0.385 e. The Labute approximate surface area is 127 Å². The molecule has 0 saturated heterocycles. The van der Waals surface area contributed by atoms with Crippen molar-refractivity contribution in [2.24, 2.45) is 0 Å². The Morgan fingerprint density at radius 3 is 1.71 bits per heavy atom. The van der Waals surface area contributed by atoms with Gasteiger partial charge in [-0.1, -0.05) is 0 Å². The molecule has 0 atom stereocenters. The van der Waals surface area contributed by atoms with Gasteiger partial charge >= 0.3 is 29.0 Å². The Bertz CT molecular complexity index is 909. The number of nitro groups is 4. The molecule has 0 unspecified atom stereocenters. The second kappa shape index (κ2) is 5.11. The number of nitrogens with two attached hydrogens (primary N) is 2. The Morgan fingerprint density at radius 2 is 1.29 bits per heavy atom. The van der Waals surface area contributed by atoms with Crippen molar-refractivity contribution in [3.8, 4) is 5.69 Å². The van der Waals surface area contributed by atoms with E-state index in [0.717, 1.165) is 0 Å². The van der Waals surface area contributed by atoms with E-state index in [2.05, 4.69) is 10.2 Å². The second-order valence-corrected chi connectivity index (χ2v) is 3.94. The standard InChI is InChI=1S/C6H4N10O8/c7-1-3(13(17)18)9-11(5(1)15(21)22)2-4(14(19)20)10-12(8)6(2)16(23)24/h7-8H2. The number of hydrogen-bond donors (Lipinski definition) is 2. The van der Waals surface area contributed by atoms with Crippen LogP contribution in [0.1, 0.15) is 0 Å². The van der Waals surface area contributed by atoms with Gasteiger partial charge in [0.15, 0.2) is 10.2 Å². The minimum absolute atomic E-state index is 0.0269. The predicted molar refractivity (Wildman–Crippen MR) is 70.5 cm³/mol. The minimum atomic E-state index is -1.29. The van der Waals surface area contributed by atoms with Gasteiger partial charge in [0, 0.05) is 4.68 Å². The van der Waals surface area contributed by atoms with Crippen molar-refractivity contribution >= 4 is 29.0 Å². The molecule has 0 spiro atoms. The fraction of sp³-hybridized carbons (Fsp3) is 0. The van der Waals surface area contributed by atoms with Crippen LogP contribution >= 0.6 is 0 Å². The number of anilines is 1. The van der Waals surface area contributed by atoms with Crippen molar-refractivity contribution in [1.29, 1.82) is 0 Å². The highest BCUT2D eigenvalue weighted by Gasteiger charge is 2.49. The van der Waals surface area contributed by atoms with Crippen LogP contribution in [0.5, 0.6) is 0 Å². The molecule has 4 N–H and O–H groups in total. The first kappa shape index (κ1) is 16.0. The average molecular weight is 344 g/mol. The van der Waals surface area contributed by atoms with Gasteiger partial charge in [-0.25, -0.2) is 5.84 Å². The first-order chi connectivity index (χ1) is 11.1. The lowest BCUT2D eigenvalue weighted by molar-refractivity contribution is -0.398. The van der Waals surface area contributed by atoms with E-state index in [-0.39, 0.29) is 9.47 Å². The summed E-state index contributed by atoms with van der Waals surface area (Å²) < 4.78 is -0.0277. The maximum atomic E-state index is 11.1. The van der Waals surface area contributed by atoms with Crippen molar-refractivity contribution in [3.05, 3.63) is 40.5 Å². The minimum Gasteiger partial charge on any atom is -0.385 e. The van der Waals surface area contributed by atoms with Crippen LogP contribution in [0.25, 0.3) is 5.69 Å². The van der Waals surface area contributed by atoms with Crippen LogP contribution in [0.3, 0.4) is 0 Å². The van der Waals surface area contributed by atoms with Gasteiger partial charge < -0.3 is 46.2 Å². The van der Waals surface area contributed by atoms with Crippen molar-refractivity contribution in [2.45, 2.75) is 0 Å². The highest BCUT2D eigenvalue weighted by molar-refractivity contribution is 5.71. The Morgan fingerprint density at radius 1 is 0.792 bits per heavy atom. The first-order valence-electron chi connectivity index (χ1n) is 5.42. The lowest BCUT2D eigenvalue weighted by Crippen LogP contribution is -2.14. The van der Waals surface area contributed by atoms with E-state index < -0.39 is 54.3 Å². The molecule has 2 rings (SSSR count). The van der Waals surface area contributed by atoms with Crippen LogP contribution in [0.15, 0.2) is 0 Å². The maximum absolute atomic E-state index is 11.1. The molecular formula is C6H4N10O8. The van der Waals surface area contributed by atoms with Crippen LogP contribution in [0, 0.1) is 40.5 Å². The van der Waals surface area contributed by atoms with Crippen molar-refractivity contribution in [1.82, 2.24) is 19.7 Å². The van der Waals surface area contributed by atoms with Gasteiger partial charge in [0.2, 0.25) is 5.69 Å². The zero-order valence-electron chi connectivity index (χ0n) is 11.0. The molecule has 2 aromatic rings. The summed E-state index contributed by atoms with van der Waals surface area (Å²) in [6, 6.07) is 0. The maximum Gasteiger partial charge on any atom is 0.475 e. The summed E-state index contributed by atoms with van der Waals surface area (Å²) in [7, 11) is 0. The molecule has 0 aliphatic heterocycles. The number of nitrogens with zero attached hydrogens (tertiary/aromatic N) is 8. The molecule has 126 valence electrons. The normalized spacial score (nSPS) is 10.5. The van der Waals surface area contributed by atoms with Crippen molar-refractivity contribution in [2.75, 3.05) is 11.6 Å². The largest absolute Gasteiger partial charge is 0.475 e. The number of hydrogen-bond acceptors (Lipinski definition) is 12. The molecule has 0 aromatic carbocycles. The molecule has 18 nitrogen and oxygen atoms in total. The summed E-state index contributed by atoms with van der Waals surface area (Å²) in [4.78, 5) is 38.9. The van der Waals surface area contributed by atoms with Crippen LogP contribution in [-0.4, -0.2) is 39.4 Å². The molecule has 0 amide bonds. The zero-order chi connectivity index (χ0) is 18.3. The summed E-state index contributed by atoms with van der Waals surface area (Å²) >= 11 is 0. The van der Waals surface area contributed by atoms with E-state index >= 15 is 0 Å². The quantitative estimate of drug-likeness (QED) is 0.375. The molecule has 2 aromatic heterocycles. The molecule has 0 radical (unpaired) electrons. The zero-order valence-corrected chi connectivity index (χ0v) is 11.0. The molecule has 0 bridgehead atoms. The summed E-state index contributed by atoms with van der Waals surface area (Å²) in [5.41, 5.74) is 3.03. The van der Waals surface area contributed by atoms with Gasteiger partial charge in [0.25, 0.3) is 0 Å². The highest BCUT2D eigenvalue weighted by atomic mass is 16.6. The van der Waals surface area contributed by atoms with Crippen LogP contribution in [-0.2, 0) is 0 Å². The topological polar surface area (TPSA) is 260 Å². The summed E-state index contributed by atoms with van der Waals surface area (Å²) in [6.45, 7) is 0. The molecule has 2 heterocycles. The van der Waals surface area contributed by atoms with Gasteiger partial charge in [-0.05, 0) is 19.7 Å². The van der Waals surface area contributed by atoms with Gasteiger partial charge in [-0.2, -0.15) is 0 Å². The first-order valence-corrected chi connectivity index (χ1v) is 5.42. The molecule has 18 heteroatoms. The Kier molecular flexibility index (Phi) is 3.41. The number of rotatable bonds is 5. The average Bonchev–Trinajstić information content (AvgIpc) is 2.95. The molecule has 24 heavy (non-hydrogen) atoms. The highest BCUT2D eigenvalue weighted by Crippen LogP contribution is 2.38. The lowest BCUT2D eigenvalue weighted by Gasteiger charge is -1.94. The van der Waals surface area contributed by atoms with E-state index in [1.165, 1.54) is 0 Å². The molecular weight excluding hydrogens is 340 g/mol. The molecule has 0 fully saturated rings. The van der Waals surface area contributed by atoms with Crippen LogP contribution in [0.4, 0.5) is 29.0 Å². The van der Waals surface area contributed by atoms with Gasteiger partial charge in [0.1, 0.15) is 0 Å². The van der Waals surface area contributed by atoms with Crippen molar-refractivity contribution in [3.63, 3.8) is 0 Å². The Balaban J connectivity index is 2.99. The summed E-state index contributed by atoms with van der Waals surface area (Å²) in [6.07, 6.45) is 0. The predicted octanol–water partition coefficient (Wildman–Crippen LogP) is -1.00. The van der Waals surface area contributed by atoms with Crippen LogP contribution in [0.2, 0.25) is 0 Å². The third-order valence-electron chi connectivity index (χ3n) is 2.62. The summed E-state index contributed by atoms with van der Waals surface area (Å²) in [5, 5.41) is 50.0. The summed E-state index contributed by atoms with van der Waals surface area (Å²) in [5.74, 6) is 0.0657. The van der Waals surface area contributed by atoms with Crippen molar-refractivity contribution < 1.29 is 19.7 Å². The van der Waals surface area contributed by atoms with E-state index in [4.69, 9.17) is 11.6 Å². The fourth-order valence-electron chi connectivity index (χ4n) is 1.76. The van der Waals surface area contributed by atoms with Crippen LogP contribution < -0.4 is 11.6 Å². The van der Waals surface area contributed by atoms with E-state index in [0.29, 0.717) is 0 Å². The monoisotopic (exact) mass is 344 g/mol. The number of nitrogen functional groups attached to an aromatic ring is 2. The molecule has 0 aliphatic rings. The second-order valence-electron chi connectivity index (χ2n) is 3.94. The van der Waals surface area contributed by atoms with Gasteiger partial charge in [-0.3, -0.25) is 0 Å². The third-order valence-corrected chi connectivity index (χ3v) is 2.62. The SMILES string of the molecule is Nc1c([N+](=O)[O-])nn(-c2c([N+](=O)[O-])nn(N)c2[N+](=O)[O-])c1[N+](=O)[O-]. The van der Waals surface area contributed by atoms with E-state index in [9.17, 15) is 40.5 Å².